The van der Waals surface area contributed by atoms with Gasteiger partial charge < -0.3 is 25.7 Å². The molecule has 324 valence electrons. The molecule has 1 saturated heterocycles. The summed E-state index contributed by atoms with van der Waals surface area (Å²) in [5, 5.41) is 28.2. The molecule has 0 radical (unpaired) electrons. The lowest BCUT2D eigenvalue weighted by Gasteiger charge is -2.38. The molecule has 2 aromatic carbocycles. The van der Waals surface area contributed by atoms with Crippen LogP contribution in [0.2, 0.25) is 0 Å². The van der Waals surface area contributed by atoms with Gasteiger partial charge in [-0.15, -0.1) is 0 Å². The first kappa shape index (κ1) is 45.9. The molecule has 0 saturated carbocycles. The minimum atomic E-state index is -1.26. The summed E-state index contributed by atoms with van der Waals surface area (Å²) in [7, 11) is 1.35. The highest BCUT2D eigenvalue weighted by Crippen LogP contribution is 2.30. The van der Waals surface area contributed by atoms with Gasteiger partial charge in [-0.3, -0.25) is 34.2 Å². The molecule has 5 atom stereocenters. The van der Waals surface area contributed by atoms with E-state index in [2.05, 4.69) is 20.6 Å². The van der Waals surface area contributed by atoms with Crippen molar-refractivity contribution in [1.29, 1.82) is 0 Å². The number of hydrogen-bond donors (Lipinski definition) is 4. The van der Waals surface area contributed by atoms with Gasteiger partial charge in [-0.05, 0) is 72.4 Å². The van der Waals surface area contributed by atoms with Gasteiger partial charge in [-0.25, -0.2) is 9.59 Å². The van der Waals surface area contributed by atoms with Crippen LogP contribution in [0, 0.1) is 17.8 Å². The maximum absolute atomic E-state index is 14.6. The van der Waals surface area contributed by atoms with Gasteiger partial charge in [-0.2, -0.15) is 0 Å². The van der Waals surface area contributed by atoms with E-state index in [1.807, 2.05) is 107 Å². The van der Waals surface area contributed by atoms with Crippen molar-refractivity contribution < 1.29 is 34.2 Å². The Bertz CT molecular complexity index is 2150. The zero-order valence-corrected chi connectivity index (χ0v) is 36.3. The first-order valence-corrected chi connectivity index (χ1v) is 20.5. The van der Waals surface area contributed by atoms with Crippen LogP contribution in [0.5, 0.6) is 0 Å². The highest BCUT2D eigenvalue weighted by molar-refractivity contribution is 6.04. The fourth-order valence-corrected chi connectivity index (χ4v) is 8.00. The van der Waals surface area contributed by atoms with Crippen molar-refractivity contribution in [2.75, 3.05) is 13.6 Å². The number of aromatic nitrogens is 2. The van der Waals surface area contributed by atoms with Crippen molar-refractivity contribution in [3.63, 3.8) is 0 Å². The minimum Gasteiger partial charge on any atom is -0.465 e. The average molecular weight is 834 g/mol. The number of likely N-dealkylation sites (N-methyl/N-ethyl adjacent to an activating group) is 1. The van der Waals surface area contributed by atoms with Crippen molar-refractivity contribution >= 4 is 29.8 Å². The van der Waals surface area contributed by atoms with Gasteiger partial charge >= 0.3 is 12.1 Å². The van der Waals surface area contributed by atoms with E-state index < -0.39 is 70.9 Å². The number of aryl methyl sites for hydroxylation is 1. The van der Waals surface area contributed by atoms with Gasteiger partial charge in [0.2, 0.25) is 11.8 Å². The van der Waals surface area contributed by atoms with Crippen LogP contribution in [0.25, 0.3) is 11.3 Å². The maximum atomic E-state index is 14.6. The molecule has 0 aliphatic carbocycles. The number of carboxylic acid groups (broad SMARTS) is 1. The third-order valence-electron chi connectivity index (χ3n) is 10.8. The molecule has 4 N–H and O–H groups in total. The van der Waals surface area contributed by atoms with E-state index in [4.69, 9.17) is 0 Å². The molecule has 14 heteroatoms. The molecule has 1 aliphatic heterocycles. The molecule has 5 rings (SSSR count). The number of aliphatic hydroxyl groups is 1. The van der Waals surface area contributed by atoms with E-state index in [0.29, 0.717) is 5.69 Å². The molecular weight excluding hydrogens is 775 g/mol. The van der Waals surface area contributed by atoms with Crippen molar-refractivity contribution in [1.82, 2.24) is 35.3 Å². The normalized spacial score (nSPS) is 15.8. The van der Waals surface area contributed by atoms with Gasteiger partial charge in [0.15, 0.2) is 0 Å². The number of aliphatic hydroxyl groups excluding tert-OH is 1. The zero-order valence-electron chi connectivity index (χ0n) is 36.3. The van der Waals surface area contributed by atoms with Crippen LogP contribution < -0.4 is 10.6 Å². The molecule has 2 aromatic heterocycles. The Balaban J connectivity index is 1.44. The number of amides is 6. The van der Waals surface area contributed by atoms with Crippen LogP contribution >= 0.6 is 0 Å². The zero-order chi connectivity index (χ0) is 44.6. The number of nitrogens with zero attached hydrogens (tertiary/aromatic N) is 5. The Hall–Kier alpha value is -6.15. The SMILES string of the molecule is Cc1cccc(CN2C(=O)CN([C@H](C(=O)N[C@@H](Cc3ccccc3)[C@@H](O)C[C@H](Cc3ccc(-c4ccccn4)cc3)NC(=O)[C@@H](N(C)C(=O)O)C(C)(C)C)C(C)(C)C)C2=O)n1. The van der Waals surface area contributed by atoms with Crippen molar-refractivity contribution in [3.8, 4) is 11.3 Å². The first-order chi connectivity index (χ1) is 28.7. The number of urea groups is 1. The van der Waals surface area contributed by atoms with Gasteiger partial charge in [-0.1, -0.05) is 108 Å². The number of carbonyl (C=O) groups is 5. The predicted molar refractivity (Wildman–Crippen MR) is 232 cm³/mol. The summed E-state index contributed by atoms with van der Waals surface area (Å²) in [4.78, 5) is 80.4. The molecular formula is C47H59N7O7. The summed E-state index contributed by atoms with van der Waals surface area (Å²) in [6.07, 6.45) is -0.346. The van der Waals surface area contributed by atoms with E-state index in [1.54, 1.807) is 39.1 Å². The van der Waals surface area contributed by atoms with Crippen molar-refractivity contribution in [3.05, 3.63) is 120 Å². The van der Waals surface area contributed by atoms with Crippen LogP contribution in [0.4, 0.5) is 9.59 Å². The maximum Gasteiger partial charge on any atom is 0.407 e. The first-order valence-electron chi connectivity index (χ1n) is 20.5. The highest BCUT2D eigenvalue weighted by Gasteiger charge is 2.48. The topological polar surface area (TPSA) is 185 Å². The molecule has 1 aliphatic rings. The Morgan fingerprint density at radius 1 is 0.803 bits per heavy atom. The van der Waals surface area contributed by atoms with Gasteiger partial charge in [0.05, 0.1) is 30.1 Å². The number of benzene rings is 2. The Labute approximate surface area is 358 Å². The smallest absolute Gasteiger partial charge is 0.407 e. The molecule has 61 heavy (non-hydrogen) atoms. The van der Waals surface area contributed by atoms with Crippen LogP contribution in [-0.4, -0.2) is 109 Å². The molecule has 14 nitrogen and oxygen atoms in total. The predicted octanol–water partition coefficient (Wildman–Crippen LogP) is 5.86. The number of carbonyl (C=O) groups excluding carboxylic acids is 4. The Morgan fingerprint density at radius 3 is 2.05 bits per heavy atom. The molecule has 1 fully saturated rings. The number of rotatable bonds is 16. The molecule has 0 unspecified atom stereocenters. The monoisotopic (exact) mass is 833 g/mol. The molecule has 0 bridgehead atoms. The van der Waals surface area contributed by atoms with Crippen LogP contribution in [0.3, 0.4) is 0 Å². The number of hydrogen-bond acceptors (Lipinski definition) is 8. The van der Waals surface area contributed by atoms with E-state index >= 15 is 0 Å². The average Bonchev–Trinajstić information content (AvgIpc) is 3.45. The lowest BCUT2D eigenvalue weighted by molar-refractivity contribution is -0.132. The van der Waals surface area contributed by atoms with E-state index in [0.717, 1.165) is 37.9 Å². The largest absolute Gasteiger partial charge is 0.465 e. The Kier molecular flexibility index (Phi) is 14.7. The number of imide groups is 1. The highest BCUT2D eigenvalue weighted by atomic mass is 16.4. The molecule has 4 aromatic rings. The summed E-state index contributed by atoms with van der Waals surface area (Å²) >= 11 is 0. The molecule has 3 heterocycles. The third kappa shape index (κ3) is 12.0. The number of nitrogens with one attached hydrogen (secondary N) is 2. The molecule has 0 spiro atoms. The Morgan fingerprint density at radius 2 is 1.46 bits per heavy atom. The second kappa shape index (κ2) is 19.5. The summed E-state index contributed by atoms with van der Waals surface area (Å²) in [6, 6.07) is 23.6. The quantitative estimate of drug-likeness (QED) is 0.100. The van der Waals surface area contributed by atoms with Crippen LogP contribution in [0.1, 0.15) is 70.5 Å². The lowest BCUT2D eigenvalue weighted by Crippen LogP contribution is -2.59. The molecule has 6 amide bonds. The minimum absolute atomic E-state index is 0.0300. The standard InChI is InChI=1S/C47H59N7O7/c1-30-15-14-18-34(49-30)28-53-39(56)29-54(44(53)59)41(47(5,6)7)43(58)51-37(26-31-16-10-9-11-17-31)38(55)27-35(50-42(57)40(46(2,3)4)52(8)45(60)61)25-32-20-22-33(23-21-32)36-19-12-13-24-48-36/h9-24,35,37-38,40-41,55H,25-29H2,1-8H3,(H,50,57)(H,51,58)(H,60,61)/t35-,37-,38-,40+,41+/m0/s1. The summed E-state index contributed by atoms with van der Waals surface area (Å²) in [6.45, 7) is 12.3. The van der Waals surface area contributed by atoms with Gasteiger partial charge in [0, 0.05) is 30.5 Å². The lowest BCUT2D eigenvalue weighted by atomic mass is 9.84. The van der Waals surface area contributed by atoms with Crippen molar-refractivity contribution in [2.45, 2.75) is 105 Å². The van der Waals surface area contributed by atoms with Crippen molar-refractivity contribution in [2.24, 2.45) is 10.8 Å². The van der Waals surface area contributed by atoms with E-state index in [9.17, 15) is 34.2 Å². The summed E-state index contributed by atoms with van der Waals surface area (Å²) in [5.74, 6) is -1.53. The second-order valence-corrected chi connectivity index (χ2v) is 18.0. The van der Waals surface area contributed by atoms with Gasteiger partial charge in [0.25, 0.3) is 5.91 Å². The van der Waals surface area contributed by atoms with E-state index in [1.165, 1.54) is 11.9 Å². The number of pyridine rings is 2. The fourth-order valence-electron chi connectivity index (χ4n) is 8.00. The summed E-state index contributed by atoms with van der Waals surface area (Å²) in [5.41, 5.74) is 3.02. The van der Waals surface area contributed by atoms with Crippen LogP contribution in [-0.2, 0) is 33.8 Å². The van der Waals surface area contributed by atoms with Gasteiger partial charge in [0.1, 0.15) is 18.6 Å². The summed E-state index contributed by atoms with van der Waals surface area (Å²) < 4.78 is 0. The second-order valence-electron chi connectivity index (χ2n) is 18.0. The van der Waals surface area contributed by atoms with E-state index in [-0.39, 0.29) is 32.4 Å². The fraction of sp³-hybridized carbons (Fsp3) is 0.426. The van der Waals surface area contributed by atoms with Crippen LogP contribution in [0.15, 0.2) is 97.2 Å². The third-order valence-corrected chi connectivity index (χ3v) is 10.8.